The van der Waals surface area contributed by atoms with Gasteiger partial charge in [-0.05, 0) is 117 Å². The molecular weight excluding hydrogens is 1220 g/mol. The number of carbonyl (C=O) groups is 1. The zero-order chi connectivity index (χ0) is 55.7. The molecule has 80 heavy (non-hydrogen) atoms. The van der Waals surface area contributed by atoms with E-state index < -0.39 is 105 Å². The Labute approximate surface area is 581 Å². The first-order valence-electron chi connectivity index (χ1n) is 22.4. The average molecular weight is 1270 g/mol. The van der Waals surface area contributed by atoms with Crippen molar-refractivity contribution in [3.63, 3.8) is 0 Å². The van der Waals surface area contributed by atoms with Crippen molar-refractivity contribution in [1.29, 1.82) is 0 Å². The Hall–Kier alpha value is -0.170. The van der Waals surface area contributed by atoms with Gasteiger partial charge in [-0.1, -0.05) is 26.0 Å². The molecule has 3 aromatic carbocycles. The number of nitrogens with one attached hydrogen (secondary N) is 1. The number of nitrogens with zero attached hydrogens (tertiary/aromatic N) is 3. The van der Waals surface area contributed by atoms with Crippen LogP contribution in [-0.4, -0.2) is 112 Å². The monoisotopic (exact) mass is 1270 g/mol. The maximum absolute atomic E-state index is 14.4. The summed E-state index contributed by atoms with van der Waals surface area (Å²) in [6, 6.07) is 8.59. The molecule has 0 bridgehead atoms. The van der Waals surface area contributed by atoms with Crippen LogP contribution in [0.25, 0.3) is 4.85 Å². The fraction of sp³-hybridized carbons (Fsp3) is 0.370. The Kier molecular flexibility index (Phi) is 30.3. The molecule has 1 unspecified atom stereocenters. The number of fused-ring (bicyclic) bond motifs is 2. The van der Waals surface area contributed by atoms with Crippen LogP contribution in [-0.2, 0) is 75.6 Å². The predicted octanol–water partition coefficient (Wildman–Crippen LogP) is -10.8. The number of allylic oxidation sites excluding steroid dienone is 6. The van der Waals surface area contributed by atoms with Crippen molar-refractivity contribution in [1.82, 2.24) is 0 Å². The number of carbonyl (C=O) groups excluding carboxylic acids is 1. The molecule has 2 heterocycles. The molecule has 1 amide bonds. The van der Waals surface area contributed by atoms with E-state index in [2.05, 4.69) is 19.5 Å². The van der Waals surface area contributed by atoms with Crippen LogP contribution in [0.5, 0.6) is 0 Å². The first-order chi connectivity index (χ1) is 34.7. The average Bonchev–Trinajstić information content (AvgIpc) is 3.86. The first kappa shape index (κ1) is 77.8. The number of unbranched alkanes of at least 4 members (excludes halogenated alkanes) is 2. The van der Waals surface area contributed by atoms with Crippen LogP contribution in [0.4, 0.5) is 17.1 Å². The van der Waals surface area contributed by atoms with Crippen LogP contribution in [0.2, 0.25) is 0 Å². The molecule has 0 fully saturated rings. The molecule has 406 valence electrons. The molecule has 2 N–H and O–H groups in total. The molecule has 0 saturated carbocycles. The van der Waals surface area contributed by atoms with Gasteiger partial charge in [-0.3, -0.25) is 19.2 Å². The fourth-order valence-corrected chi connectivity index (χ4v) is 12.5. The minimum Gasteiger partial charge on any atom is -0.748 e. The fourth-order valence-electron chi connectivity index (χ4n) is 9.39. The van der Waals surface area contributed by atoms with Crippen LogP contribution in [0.15, 0.2) is 121 Å². The second-order valence-electron chi connectivity index (χ2n) is 18.5. The van der Waals surface area contributed by atoms with Gasteiger partial charge in [-0.2, -0.15) is 17.3 Å². The molecule has 0 aromatic heterocycles. The summed E-state index contributed by atoms with van der Waals surface area (Å²) in [5.74, 6) is -2.43. The number of rotatable bonds is 22. The summed E-state index contributed by atoms with van der Waals surface area (Å²) in [6.07, 6.45) is 7.30. The topological polar surface area (TPSA) is 364 Å². The summed E-state index contributed by atoms with van der Waals surface area (Å²) in [5.41, 5.74) is 1.30. The van der Waals surface area contributed by atoms with Gasteiger partial charge in [0.1, 0.15) is 36.9 Å². The van der Waals surface area contributed by atoms with E-state index in [1.807, 2.05) is 18.4 Å². The molecule has 3 aromatic rings. The molecule has 6 rings (SSSR count). The second-order valence-corrected chi connectivity index (χ2v) is 26.5. The van der Waals surface area contributed by atoms with E-state index in [-0.39, 0.29) is 205 Å². The third-order valence-corrected chi connectivity index (χ3v) is 17.6. The third-order valence-electron chi connectivity index (χ3n) is 12.9. The smallest absolute Gasteiger partial charge is 0.748 e. The van der Waals surface area contributed by atoms with Gasteiger partial charge in [-0.15, -0.1) is 0 Å². The number of hydrogen-bond acceptors (Lipinski definition) is 20. The SMILES string of the molecule is [C-]#[N+]C(C(=O)Nc1cc(S(=O)(=O)[O-])ccc1S(=O)(=O)[O-])C1=C(C=CC2=[N+](CCCCS(=O)(=O)O)c3ccc(SOO[O-])cc3C2(C)C)CCC1=C/C=C1/N(CCCCS(=O)(=O)[O-])c2ccc(S(=O)(=O)[O-])cc2C1(C)C.[Na+].[Na+].[Na+].[Na+].[Na+]. The predicted molar refractivity (Wildman–Crippen MR) is 264 cm³/mol. The molecule has 1 atom stereocenters. The Morgan fingerprint density at radius 1 is 0.775 bits per heavy atom. The number of anilines is 2. The van der Waals surface area contributed by atoms with Crippen molar-refractivity contribution in [3.8, 4) is 0 Å². The standard InChI is InChI=1S/C46H52N4O19S6.5Na/c1-45(2)34-26-31(70-69-68-52)14-17-37(34)49(22-6-8-24-71(53,54)55)40(45)20-12-29-10-11-30(42(29)43(47-5)44(51)48-36-28-33(74(62,63)64)16-19-39(36)75(65,66)67)13-21-41-46(3,4)35-27-32(73(59,60)61)15-18-38(35)50(41)23-7-9-25-72(56,57)58;;;;;/h12-21,26-28,43H,6-11,22-25H2,1-4H3,(H6-,48,51,52,53,54,55,56,57,58,59,60,61,62,63,64,65,66,67);;;;;/q;5*+1/p-4. The van der Waals surface area contributed by atoms with Gasteiger partial charge in [-0.25, -0.2) is 40.2 Å². The van der Waals surface area contributed by atoms with E-state index in [4.69, 9.17) is 6.57 Å². The summed E-state index contributed by atoms with van der Waals surface area (Å²) in [6.45, 7) is 15.9. The van der Waals surface area contributed by atoms with Gasteiger partial charge >= 0.3 is 160 Å². The van der Waals surface area contributed by atoms with Crippen molar-refractivity contribution in [2.45, 2.75) is 103 Å². The van der Waals surface area contributed by atoms with E-state index in [0.29, 0.717) is 74.6 Å². The van der Waals surface area contributed by atoms with Gasteiger partial charge in [0.15, 0.2) is 5.71 Å². The van der Waals surface area contributed by atoms with Crippen molar-refractivity contribution >= 4 is 91.3 Å². The molecule has 2 aliphatic heterocycles. The third kappa shape index (κ3) is 19.4. The molecule has 0 spiro atoms. The zero-order valence-corrected chi connectivity index (χ0v) is 60.1. The quantitative estimate of drug-likeness (QED) is 0.0138. The van der Waals surface area contributed by atoms with Gasteiger partial charge < -0.3 is 33.7 Å². The van der Waals surface area contributed by atoms with Crippen LogP contribution in [0.3, 0.4) is 0 Å². The molecule has 34 heteroatoms. The van der Waals surface area contributed by atoms with Crippen LogP contribution in [0.1, 0.15) is 77.3 Å². The van der Waals surface area contributed by atoms with Crippen molar-refractivity contribution in [3.05, 3.63) is 124 Å². The van der Waals surface area contributed by atoms with Gasteiger partial charge in [0, 0.05) is 58.1 Å². The molecule has 0 saturated heterocycles. The normalized spacial score (nSPS) is 17.1. The summed E-state index contributed by atoms with van der Waals surface area (Å²) < 4.78 is 183. The Morgan fingerprint density at radius 2 is 1.39 bits per heavy atom. The molecule has 1 aliphatic carbocycles. The molecular formula is C46H48N4Na5O19S6+. The van der Waals surface area contributed by atoms with Crippen molar-refractivity contribution < 1.29 is 237 Å². The maximum Gasteiger partial charge on any atom is 1.00 e. The van der Waals surface area contributed by atoms with Crippen molar-refractivity contribution in [2.24, 2.45) is 0 Å². The number of amides is 1. The largest absolute Gasteiger partial charge is 1.00 e. The first-order valence-corrected chi connectivity index (χ1v) is 30.6. The Bertz CT molecular complexity index is 3620. The minimum atomic E-state index is -5.44. The van der Waals surface area contributed by atoms with E-state index >= 15 is 0 Å². The second kappa shape index (κ2) is 31.1. The van der Waals surface area contributed by atoms with Gasteiger partial charge in [0.05, 0.1) is 59.3 Å². The Balaban J connectivity index is 0.00000640. The summed E-state index contributed by atoms with van der Waals surface area (Å²) in [5, 5.41) is 16.4. The van der Waals surface area contributed by atoms with E-state index in [1.165, 1.54) is 12.1 Å². The molecule has 3 aliphatic rings. The van der Waals surface area contributed by atoms with E-state index in [1.54, 1.807) is 61.3 Å². The van der Waals surface area contributed by atoms with Gasteiger partial charge in [0.2, 0.25) is 5.69 Å². The van der Waals surface area contributed by atoms with Gasteiger partial charge in [0.25, 0.3) is 10.1 Å². The zero-order valence-electron chi connectivity index (χ0n) is 45.2. The van der Waals surface area contributed by atoms with Crippen LogP contribution < -0.4 is 163 Å². The van der Waals surface area contributed by atoms with Crippen LogP contribution >= 0.6 is 12.0 Å². The molecule has 0 radical (unpaired) electrons. The van der Waals surface area contributed by atoms with Crippen molar-refractivity contribution in [2.75, 3.05) is 34.8 Å². The summed E-state index contributed by atoms with van der Waals surface area (Å²) in [7, 11) is -24.5. The summed E-state index contributed by atoms with van der Waals surface area (Å²) in [4.78, 5) is 17.6. The number of benzene rings is 3. The maximum atomic E-state index is 14.4. The van der Waals surface area contributed by atoms with E-state index in [0.717, 1.165) is 11.6 Å². The Morgan fingerprint density at radius 3 is 1.96 bits per heavy atom. The number of hydrogen-bond donors (Lipinski definition) is 2. The van der Waals surface area contributed by atoms with Crippen LogP contribution in [0, 0.1) is 6.57 Å². The van der Waals surface area contributed by atoms with E-state index in [9.17, 15) is 74.9 Å². The summed E-state index contributed by atoms with van der Waals surface area (Å²) >= 11 is 0.650. The molecule has 23 nitrogen and oxygen atoms in total. The minimum absolute atomic E-state index is 0.